The van der Waals surface area contributed by atoms with Crippen LogP contribution in [0.25, 0.3) is 0 Å². The number of benzene rings is 2. The van der Waals surface area contributed by atoms with Crippen LogP contribution < -0.4 is 4.31 Å². The Kier molecular flexibility index (Phi) is 8.34. The highest BCUT2D eigenvalue weighted by molar-refractivity contribution is 7.92. The summed E-state index contributed by atoms with van der Waals surface area (Å²) < 4.78 is 33.1. The molecule has 9 heteroatoms. The summed E-state index contributed by atoms with van der Waals surface area (Å²) in [7, 11) is -3.95. The number of anilines is 1. The minimum atomic E-state index is -3.95. The normalized spacial score (nSPS) is 12.4. The molecule has 0 spiro atoms. The molecule has 0 aliphatic carbocycles. The fourth-order valence-electron chi connectivity index (χ4n) is 2.70. The van der Waals surface area contributed by atoms with Crippen molar-refractivity contribution in [3.05, 3.63) is 58.1 Å². The van der Waals surface area contributed by atoms with Crippen LogP contribution in [-0.2, 0) is 26.2 Å². The Bertz CT molecular complexity index is 946. The summed E-state index contributed by atoms with van der Waals surface area (Å²) in [4.78, 5) is 11.3. The van der Waals surface area contributed by atoms with Crippen LogP contribution in [0.1, 0.15) is 32.3 Å². The van der Waals surface area contributed by atoms with Crippen molar-refractivity contribution in [2.45, 2.75) is 44.3 Å². The van der Waals surface area contributed by atoms with Gasteiger partial charge in [0.2, 0.25) is 0 Å². The van der Waals surface area contributed by atoms with Crippen molar-refractivity contribution in [2.24, 2.45) is 0 Å². The van der Waals surface area contributed by atoms with Gasteiger partial charge in [0, 0.05) is 29.1 Å². The maximum absolute atomic E-state index is 13.4. The lowest BCUT2D eigenvalue weighted by Crippen LogP contribution is -2.33. The lowest BCUT2D eigenvalue weighted by molar-refractivity contribution is -0.142. The summed E-state index contributed by atoms with van der Waals surface area (Å²) in [5.74, 6) is -0.480. The first-order chi connectivity index (χ1) is 13.6. The Labute approximate surface area is 181 Å². The van der Waals surface area contributed by atoms with Crippen molar-refractivity contribution >= 4 is 44.9 Å². The van der Waals surface area contributed by atoms with Crippen LogP contribution in [0.15, 0.2) is 47.4 Å². The molecule has 0 amide bonds. The second-order valence-electron chi connectivity index (χ2n) is 6.58. The van der Waals surface area contributed by atoms with Crippen LogP contribution >= 0.6 is 23.2 Å². The van der Waals surface area contributed by atoms with Crippen LogP contribution in [-0.4, -0.2) is 32.1 Å². The van der Waals surface area contributed by atoms with E-state index in [1.54, 1.807) is 19.1 Å². The van der Waals surface area contributed by atoms with Gasteiger partial charge in [-0.2, -0.15) is 0 Å². The molecule has 0 heterocycles. The smallest absolute Gasteiger partial charge is 0.302 e. The van der Waals surface area contributed by atoms with Gasteiger partial charge >= 0.3 is 5.97 Å². The fraction of sp³-hybridized carbons (Fsp3) is 0.350. The van der Waals surface area contributed by atoms with E-state index in [4.69, 9.17) is 27.9 Å². The SMILES string of the molecule is CC(=O)OCc1ccc(Cl)cc1N(CCC[C@@H](C)O)S(=O)(=O)c1ccc(Cl)cc1. The van der Waals surface area contributed by atoms with Gasteiger partial charge in [-0.1, -0.05) is 29.3 Å². The average molecular weight is 460 g/mol. The minimum absolute atomic E-state index is 0.0670. The highest BCUT2D eigenvalue weighted by atomic mass is 35.5. The maximum atomic E-state index is 13.4. The molecule has 0 aliphatic heterocycles. The van der Waals surface area contributed by atoms with E-state index in [1.165, 1.54) is 41.6 Å². The van der Waals surface area contributed by atoms with Crippen molar-refractivity contribution in [3.8, 4) is 0 Å². The highest BCUT2D eigenvalue weighted by Gasteiger charge is 2.27. The van der Waals surface area contributed by atoms with E-state index in [-0.39, 0.29) is 18.0 Å². The van der Waals surface area contributed by atoms with E-state index in [1.807, 2.05) is 0 Å². The molecule has 0 bridgehead atoms. The van der Waals surface area contributed by atoms with E-state index in [0.717, 1.165) is 0 Å². The van der Waals surface area contributed by atoms with E-state index >= 15 is 0 Å². The number of carbonyl (C=O) groups excluding carboxylic acids is 1. The third-order valence-corrected chi connectivity index (χ3v) is 6.45. The Morgan fingerprint density at radius 1 is 1.14 bits per heavy atom. The quantitative estimate of drug-likeness (QED) is 0.561. The van der Waals surface area contributed by atoms with Gasteiger partial charge in [0.25, 0.3) is 10.0 Å². The molecular formula is C20H23Cl2NO5S. The Morgan fingerprint density at radius 3 is 2.34 bits per heavy atom. The van der Waals surface area contributed by atoms with Gasteiger partial charge in [0.1, 0.15) is 6.61 Å². The third kappa shape index (κ3) is 6.60. The first-order valence-electron chi connectivity index (χ1n) is 8.99. The molecule has 0 saturated carbocycles. The molecule has 0 fully saturated rings. The summed E-state index contributed by atoms with van der Waals surface area (Å²) in [6.45, 7) is 2.94. The topological polar surface area (TPSA) is 83.9 Å². The molecule has 2 rings (SSSR count). The van der Waals surface area contributed by atoms with Crippen LogP contribution in [0.4, 0.5) is 5.69 Å². The zero-order valence-electron chi connectivity index (χ0n) is 16.1. The molecule has 2 aromatic carbocycles. The van der Waals surface area contributed by atoms with E-state index in [0.29, 0.717) is 34.1 Å². The van der Waals surface area contributed by atoms with E-state index in [2.05, 4.69) is 0 Å². The molecule has 1 N–H and O–H groups in total. The summed E-state index contributed by atoms with van der Waals surface area (Å²) in [6, 6.07) is 10.6. The lowest BCUT2D eigenvalue weighted by Gasteiger charge is -2.27. The summed E-state index contributed by atoms with van der Waals surface area (Å²) in [5.41, 5.74) is 0.818. The monoisotopic (exact) mass is 459 g/mol. The van der Waals surface area contributed by atoms with E-state index < -0.39 is 22.1 Å². The number of rotatable bonds is 9. The van der Waals surface area contributed by atoms with Gasteiger partial charge in [-0.25, -0.2) is 8.42 Å². The predicted molar refractivity (Wildman–Crippen MR) is 114 cm³/mol. The zero-order valence-corrected chi connectivity index (χ0v) is 18.5. The Hall–Kier alpha value is -1.80. The van der Waals surface area contributed by atoms with Crippen molar-refractivity contribution < 1.29 is 23.1 Å². The summed E-state index contributed by atoms with van der Waals surface area (Å²) in [6.07, 6.45) is 0.284. The number of sulfonamides is 1. The number of carbonyl (C=O) groups is 1. The number of hydrogen-bond acceptors (Lipinski definition) is 5. The predicted octanol–water partition coefficient (Wildman–Crippen LogP) is 4.41. The third-order valence-electron chi connectivity index (χ3n) is 4.13. The number of aliphatic hydroxyl groups is 1. The molecule has 1 atom stereocenters. The number of ether oxygens (including phenoxy) is 1. The Balaban J connectivity index is 2.51. The zero-order chi connectivity index (χ0) is 21.6. The molecule has 0 unspecified atom stereocenters. The van der Waals surface area contributed by atoms with Gasteiger partial charge in [-0.3, -0.25) is 9.10 Å². The summed E-state index contributed by atoms with van der Waals surface area (Å²) >= 11 is 12.0. The van der Waals surface area contributed by atoms with Crippen LogP contribution in [0.3, 0.4) is 0 Å². The number of nitrogens with zero attached hydrogens (tertiary/aromatic N) is 1. The first-order valence-corrected chi connectivity index (χ1v) is 11.2. The van der Waals surface area contributed by atoms with Gasteiger partial charge in [0.05, 0.1) is 16.7 Å². The minimum Gasteiger partial charge on any atom is -0.461 e. The van der Waals surface area contributed by atoms with Gasteiger partial charge in [-0.05, 0) is 56.2 Å². The number of esters is 1. The second-order valence-corrected chi connectivity index (χ2v) is 9.31. The van der Waals surface area contributed by atoms with Gasteiger partial charge in [-0.15, -0.1) is 0 Å². The number of hydrogen-bond donors (Lipinski definition) is 1. The molecule has 0 aromatic heterocycles. The first kappa shape index (κ1) is 23.5. The molecule has 0 aliphatic rings. The fourth-order valence-corrected chi connectivity index (χ4v) is 4.53. The van der Waals surface area contributed by atoms with Crippen LogP contribution in [0, 0.1) is 0 Å². The van der Waals surface area contributed by atoms with E-state index in [9.17, 15) is 18.3 Å². The summed E-state index contributed by atoms with van der Waals surface area (Å²) in [5, 5.41) is 10.3. The van der Waals surface area contributed by atoms with Crippen molar-refractivity contribution in [3.63, 3.8) is 0 Å². The molecule has 2 aromatic rings. The average Bonchev–Trinajstić information content (AvgIpc) is 2.64. The highest BCUT2D eigenvalue weighted by Crippen LogP contribution is 2.31. The molecule has 6 nitrogen and oxygen atoms in total. The molecular weight excluding hydrogens is 437 g/mol. The van der Waals surface area contributed by atoms with Crippen molar-refractivity contribution in [2.75, 3.05) is 10.8 Å². The van der Waals surface area contributed by atoms with Crippen molar-refractivity contribution in [1.29, 1.82) is 0 Å². The van der Waals surface area contributed by atoms with Gasteiger partial charge < -0.3 is 9.84 Å². The lowest BCUT2D eigenvalue weighted by atomic mass is 10.1. The number of aliphatic hydroxyl groups excluding tert-OH is 1. The van der Waals surface area contributed by atoms with Crippen molar-refractivity contribution in [1.82, 2.24) is 0 Å². The molecule has 29 heavy (non-hydrogen) atoms. The maximum Gasteiger partial charge on any atom is 0.302 e. The van der Waals surface area contributed by atoms with Crippen LogP contribution in [0.2, 0.25) is 10.0 Å². The standard InChI is InChI=1S/C20H23Cl2NO5S/c1-14(24)4-3-11-23(29(26,27)19-9-7-17(21)8-10-19)20-12-18(22)6-5-16(20)13-28-15(2)25/h5-10,12,14,24H,3-4,11,13H2,1-2H3/t14-/m1/s1. The molecule has 158 valence electrons. The molecule has 0 radical (unpaired) electrons. The largest absolute Gasteiger partial charge is 0.461 e. The van der Waals surface area contributed by atoms with Crippen LogP contribution in [0.5, 0.6) is 0 Å². The second kappa shape index (κ2) is 10.3. The Morgan fingerprint density at radius 2 is 1.76 bits per heavy atom. The van der Waals surface area contributed by atoms with Gasteiger partial charge in [0.15, 0.2) is 0 Å². The molecule has 0 saturated heterocycles. The number of halogens is 2.